The molecule has 3 N–H and O–H groups in total. The third kappa shape index (κ3) is 13.4. The average Bonchev–Trinajstić information content (AvgIpc) is 3.72. The number of carbonyl (C=O) groups excluding carboxylic acids is 3. The predicted molar refractivity (Wildman–Crippen MR) is 285 cm³/mol. The Hall–Kier alpha value is -4.01. The molecule has 0 unspecified atom stereocenters. The standard InChI is InChI=1S/C54H85N5O17S/c1-17-38-54(10)46(75-51(66)76-54)30(4)41(60)28(2)24-52(8,67-15)45(74-50-43(62)36(57(11)12)22-29(3)70-50)31(5)44(32(6)49(65)72-38)73-40-25-53(9,68-16)47(33(7)71-40)69-20-18-55-19-21-77-39-23-34-37(26-56-39)59(58(13)14)27-35(42(34)61)48(63)64/h23,26-33,36,38,40,43-47,50,55,62H,17-22,24-25H2,1-16H3,(H,63,64)/t28-,29-,30+,31+,32-,33+,36+,38-,40+,43-,44+,45-,46-,47+,50+,52-,53-,54-/m1/s1. The van der Waals surface area contributed by atoms with E-state index in [2.05, 4.69) is 10.3 Å². The van der Waals surface area contributed by atoms with Crippen LogP contribution >= 0.6 is 11.8 Å². The number of thioether (sulfide) groups is 1. The van der Waals surface area contributed by atoms with Crippen molar-refractivity contribution < 1.29 is 76.8 Å². The van der Waals surface area contributed by atoms with Crippen LogP contribution in [-0.2, 0) is 57.0 Å². The number of methoxy groups -OCH3 is 2. The lowest BCUT2D eigenvalue weighted by Crippen LogP contribution is -2.61. The highest BCUT2D eigenvalue weighted by Crippen LogP contribution is 2.44. The van der Waals surface area contributed by atoms with Gasteiger partial charge in [-0.15, -0.1) is 11.8 Å². The van der Waals surface area contributed by atoms with E-state index in [1.165, 1.54) is 25.1 Å². The number of carbonyl (C=O) groups is 4. The molecule has 23 heteroatoms. The van der Waals surface area contributed by atoms with E-state index >= 15 is 0 Å². The van der Waals surface area contributed by atoms with Gasteiger partial charge < -0.3 is 72.8 Å². The molecule has 22 nitrogen and oxygen atoms in total. The van der Waals surface area contributed by atoms with Crippen molar-refractivity contribution >= 4 is 46.5 Å². The monoisotopic (exact) mass is 1110 g/mol. The smallest absolute Gasteiger partial charge is 0.477 e. The van der Waals surface area contributed by atoms with E-state index in [-0.39, 0.29) is 48.1 Å². The van der Waals surface area contributed by atoms with Gasteiger partial charge in [-0.05, 0) is 81.0 Å². The van der Waals surface area contributed by atoms with Crippen LogP contribution < -0.4 is 15.8 Å². The number of Topliss-reactive ketones (excluding diaryl/α,β-unsaturated/α-hetero) is 1. The van der Waals surface area contributed by atoms with E-state index < -0.39 is 119 Å². The van der Waals surface area contributed by atoms with Crippen LogP contribution in [0.15, 0.2) is 28.3 Å². The van der Waals surface area contributed by atoms with Crippen molar-refractivity contribution in [2.45, 2.75) is 184 Å². The molecule has 434 valence electrons. The molecule has 0 saturated carbocycles. The fourth-order valence-electron chi connectivity index (χ4n) is 11.9. The Morgan fingerprint density at radius 1 is 0.922 bits per heavy atom. The van der Waals surface area contributed by atoms with Gasteiger partial charge in [0.15, 0.2) is 24.3 Å². The summed E-state index contributed by atoms with van der Waals surface area (Å²) in [4.78, 5) is 73.6. The Labute approximate surface area is 456 Å². The average molecular weight is 1110 g/mol. The Morgan fingerprint density at radius 2 is 1.60 bits per heavy atom. The second kappa shape index (κ2) is 25.6. The van der Waals surface area contributed by atoms with Crippen molar-refractivity contribution in [3.63, 3.8) is 0 Å². The van der Waals surface area contributed by atoms with E-state index in [1.54, 1.807) is 77.8 Å². The molecule has 0 spiro atoms. The van der Waals surface area contributed by atoms with Gasteiger partial charge >= 0.3 is 18.1 Å². The number of carboxylic acid groups (broad SMARTS) is 1. The first-order valence-electron chi connectivity index (χ1n) is 26.8. The van der Waals surface area contributed by atoms with Gasteiger partial charge in [-0.3, -0.25) is 19.1 Å². The SMILES string of the molecule is CC[C@H]1OC(=O)[C@H](C)[C@@H](O[C@H]2C[C@@](C)(OC)[C@@H](OCCNCCSc3cc4c(=O)c(C(=O)O)cn(N(C)C)c4cn3)[C@H](C)O2)[C@H](C)[C@@H](O[C@@H]2O[C@H](C)C[C@H](N(C)C)[C@H]2O)[C@](C)(OC)C[C@@H](C)C(=O)[C@H](C)[C@H]2OC(=O)O[C@@]21C. The number of rotatable bonds is 18. The minimum absolute atomic E-state index is 0.114. The number of cyclic esters (lactones) is 1. The maximum atomic E-state index is 14.8. The normalized spacial score (nSPS) is 37.4. The number of ether oxygens (including phenoxy) is 10. The van der Waals surface area contributed by atoms with E-state index in [9.17, 15) is 34.2 Å². The van der Waals surface area contributed by atoms with E-state index in [1.807, 2.05) is 53.6 Å². The highest BCUT2D eigenvalue weighted by molar-refractivity contribution is 7.99. The molecule has 4 saturated heterocycles. The number of pyridine rings is 2. The minimum Gasteiger partial charge on any atom is -0.477 e. The van der Waals surface area contributed by atoms with Gasteiger partial charge in [0.1, 0.15) is 29.7 Å². The second-order valence-electron chi connectivity index (χ2n) is 22.4. The number of carboxylic acids is 1. The van der Waals surface area contributed by atoms with E-state index in [4.69, 9.17) is 47.4 Å². The summed E-state index contributed by atoms with van der Waals surface area (Å²) < 4.78 is 65.6. The molecule has 0 aromatic carbocycles. The molecule has 4 aliphatic rings. The maximum Gasteiger partial charge on any atom is 0.509 e. The summed E-state index contributed by atoms with van der Waals surface area (Å²) in [5.41, 5.74) is -4.16. The fourth-order valence-corrected chi connectivity index (χ4v) is 12.6. The summed E-state index contributed by atoms with van der Waals surface area (Å²) in [6.45, 7) is 19.3. The summed E-state index contributed by atoms with van der Waals surface area (Å²) in [6.07, 6.45) is -5.81. The van der Waals surface area contributed by atoms with Crippen molar-refractivity contribution in [3.8, 4) is 0 Å². The van der Waals surface area contributed by atoms with Crippen molar-refractivity contribution in [2.24, 2.45) is 23.7 Å². The van der Waals surface area contributed by atoms with Gasteiger partial charge in [-0.25, -0.2) is 14.6 Å². The van der Waals surface area contributed by atoms with Crippen LogP contribution in [0.25, 0.3) is 10.9 Å². The number of aliphatic hydroxyl groups excluding tert-OH is 1. The molecular weight excluding hydrogens is 1020 g/mol. The quantitative estimate of drug-likeness (QED) is 0.104. The first-order valence-corrected chi connectivity index (χ1v) is 27.7. The Kier molecular flexibility index (Phi) is 20.7. The largest absolute Gasteiger partial charge is 0.509 e. The molecule has 0 aliphatic carbocycles. The maximum absolute atomic E-state index is 14.8. The fraction of sp³-hybridized carbons (Fsp3) is 0.778. The molecule has 77 heavy (non-hydrogen) atoms. The first kappa shape index (κ1) is 62.2. The summed E-state index contributed by atoms with van der Waals surface area (Å²) in [5, 5.41) is 27.4. The number of hydrogen-bond acceptors (Lipinski definition) is 21. The van der Waals surface area contributed by atoms with Crippen molar-refractivity contribution in [1.82, 2.24) is 19.9 Å². The predicted octanol–water partition coefficient (Wildman–Crippen LogP) is 4.63. The van der Waals surface area contributed by atoms with Gasteiger partial charge in [0.05, 0.1) is 76.2 Å². The Bertz CT molecular complexity index is 2450. The number of fused-ring (bicyclic) bond motifs is 2. The number of nitrogens with one attached hydrogen (secondary N) is 1. The van der Waals surface area contributed by atoms with Gasteiger partial charge in [0, 0.05) is 77.7 Å². The highest BCUT2D eigenvalue weighted by atomic mass is 32.2. The summed E-state index contributed by atoms with van der Waals surface area (Å²) in [7, 11) is 10.4. The minimum atomic E-state index is -1.51. The van der Waals surface area contributed by atoms with Crippen LogP contribution in [-0.4, -0.2) is 201 Å². The topological polar surface area (TPSA) is 254 Å². The number of esters is 1. The number of ketones is 1. The molecule has 18 atom stereocenters. The lowest BCUT2D eigenvalue weighted by Gasteiger charge is -2.50. The van der Waals surface area contributed by atoms with Crippen LogP contribution in [0.1, 0.15) is 105 Å². The third-order valence-electron chi connectivity index (χ3n) is 16.3. The molecule has 0 radical (unpaired) electrons. The molecule has 4 aliphatic heterocycles. The van der Waals surface area contributed by atoms with E-state index in [0.717, 1.165) is 0 Å². The molecule has 2 aromatic rings. The number of aromatic carboxylic acids is 1. The van der Waals surface area contributed by atoms with Crippen molar-refractivity contribution in [1.29, 1.82) is 0 Å². The molecule has 2 aromatic heterocycles. The number of nitrogens with zero attached hydrogens (tertiary/aromatic N) is 4. The number of aromatic nitrogens is 2. The lowest BCUT2D eigenvalue weighted by molar-refractivity contribution is -0.321. The molecule has 6 heterocycles. The Morgan fingerprint density at radius 3 is 2.22 bits per heavy atom. The zero-order chi connectivity index (χ0) is 57.1. The molecule has 0 amide bonds. The Balaban J connectivity index is 1.21. The zero-order valence-electron chi connectivity index (χ0n) is 47.8. The molecule has 4 fully saturated rings. The van der Waals surface area contributed by atoms with Crippen LogP contribution in [0.4, 0.5) is 4.79 Å². The highest BCUT2D eigenvalue weighted by Gasteiger charge is 2.60. The molecular formula is C54H85N5O17S. The van der Waals surface area contributed by atoms with Gasteiger partial charge in [-0.1, -0.05) is 27.7 Å². The second-order valence-corrected chi connectivity index (χ2v) is 23.5. The third-order valence-corrected chi connectivity index (χ3v) is 17.2. The lowest BCUT2D eigenvalue weighted by atomic mass is 9.74. The number of likely N-dealkylation sites (N-methyl/N-ethyl adjacent to an activating group) is 1. The van der Waals surface area contributed by atoms with Crippen LogP contribution in [0.5, 0.6) is 0 Å². The number of aliphatic hydroxyl groups is 1. The van der Waals surface area contributed by atoms with Crippen LogP contribution in [0, 0.1) is 23.7 Å². The van der Waals surface area contributed by atoms with Crippen molar-refractivity contribution in [2.75, 3.05) is 72.9 Å². The van der Waals surface area contributed by atoms with E-state index in [0.29, 0.717) is 42.4 Å². The molecule has 0 bridgehead atoms. The van der Waals surface area contributed by atoms with Crippen LogP contribution in [0.2, 0.25) is 0 Å². The first-order chi connectivity index (χ1) is 36.1. The van der Waals surface area contributed by atoms with Gasteiger partial charge in [0.25, 0.3) is 0 Å². The zero-order valence-corrected chi connectivity index (χ0v) is 48.6. The molecule has 6 rings (SSSR count). The summed E-state index contributed by atoms with van der Waals surface area (Å²) in [6, 6.07) is 1.30. The van der Waals surface area contributed by atoms with Gasteiger partial charge in [0.2, 0.25) is 5.43 Å². The summed E-state index contributed by atoms with van der Waals surface area (Å²) >= 11 is 1.42. The van der Waals surface area contributed by atoms with Crippen molar-refractivity contribution in [3.05, 3.63) is 34.2 Å². The van der Waals surface area contributed by atoms with Gasteiger partial charge in [-0.2, -0.15) is 0 Å². The number of hydrogen-bond donors (Lipinski definition) is 3. The summed E-state index contributed by atoms with van der Waals surface area (Å²) in [5.74, 6) is -4.93. The van der Waals surface area contributed by atoms with Crippen LogP contribution in [0.3, 0.4) is 0 Å².